The average Bonchev–Trinajstić information content (AvgIpc) is 3.43. The number of alkyl halides is 1. The number of aryl methyl sites for hydroxylation is 2. The SMILES string of the molecule is CCC1(CCCc2cc(O)c(CCCC3(I)CC3)cc2O)CC1. The molecule has 0 unspecified atom stereocenters. The van der Waals surface area contributed by atoms with Crippen molar-refractivity contribution in [2.75, 3.05) is 0 Å². The molecule has 0 amide bonds. The van der Waals surface area contributed by atoms with E-state index < -0.39 is 0 Å². The summed E-state index contributed by atoms with van der Waals surface area (Å²) in [4.78, 5) is 0. The van der Waals surface area contributed by atoms with Crippen molar-refractivity contribution in [1.29, 1.82) is 0 Å². The van der Waals surface area contributed by atoms with Crippen molar-refractivity contribution in [3.05, 3.63) is 23.3 Å². The smallest absolute Gasteiger partial charge is 0.119 e. The molecule has 2 nitrogen and oxygen atoms in total. The van der Waals surface area contributed by atoms with Gasteiger partial charge in [0.05, 0.1) is 0 Å². The number of hydrogen-bond acceptors (Lipinski definition) is 2. The van der Waals surface area contributed by atoms with Crippen LogP contribution in [0.3, 0.4) is 0 Å². The third-order valence-electron chi connectivity index (χ3n) is 6.00. The summed E-state index contributed by atoms with van der Waals surface area (Å²) in [5, 5.41) is 20.5. The van der Waals surface area contributed by atoms with Crippen molar-refractivity contribution < 1.29 is 10.2 Å². The molecule has 128 valence electrons. The van der Waals surface area contributed by atoms with Gasteiger partial charge in [-0.3, -0.25) is 0 Å². The lowest BCUT2D eigenvalue weighted by atomic mass is 9.93. The van der Waals surface area contributed by atoms with E-state index in [-0.39, 0.29) is 0 Å². The van der Waals surface area contributed by atoms with Gasteiger partial charge in [0.2, 0.25) is 0 Å². The van der Waals surface area contributed by atoms with Gasteiger partial charge in [0.25, 0.3) is 0 Å². The lowest BCUT2D eigenvalue weighted by Gasteiger charge is -2.14. The van der Waals surface area contributed by atoms with Gasteiger partial charge in [-0.2, -0.15) is 0 Å². The van der Waals surface area contributed by atoms with Crippen LogP contribution in [0.15, 0.2) is 12.1 Å². The van der Waals surface area contributed by atoms with Crippen LogP contribution in [0.4, 0.5) is 0 Å². The third kappa shape index (κ3) is 4.55. The van der Waals surface area contributed by atoms with Gasteiger partial charge in [0.1, 0.15) is 11.5 Å². The Bertz CT molecular complexity index is 559. The summed E-state index contributed by atoms with van der Waals surface area (Å²) >= 11 is 2.57. The molecule has 3 heteroatoms. The molecule has 2 aliphatic carbocycles. The highest BCUT2D eigenvalue weighted by Gasteiger charge is 2.39. The first kappa shape index (κ1) is 17.4. The van der Waals surface area contributed by atoms with Gasteiger partial charge in [-0.05, 0) is 92.9 Å². The molecule has 0 radical (unpaired) electrons. The van der Waals surface area contributed by atoms with E-state index >= 15 is 0 Å². The molecule has 2 saturated carbocycles. The van der Waals surface area contributed by atoms with Crippen LogP contribution in [0, 0.1) is 5.41 Å². The van der Waals surface area contributed by atoms with Crippen LogP contribution in [0.25, 0.3) is 0 Å². The van der Waals surface area contributed by atoms with Crippen molar-refractivity contribution in [2.45, 2.75) is 81.0 Å². The maximum atomic E-state index is 10.3. The zero-order valence-corrected chi connectivity index (χ0v) is 16.4. The molecule has 0 atom stereocenters. The number of phenolic OH excluding ortho intramolecular Hbond substituents is 2. The second kappa shape index (κ2) is 6.81. The maximum absolute atomic E-state index is 10.3. The van der Waals surface area contributed by atoms with Gasteiger partial charge in [0.15, 0.2) is 0 Å². The Morgan fingerprint density at radius 3 is 1.87 bits per heavy atom. The van der Waals surface area contributed by atoms with Crippen LogP contribution < -0.4 is 0 Å². The molecule has 2 N–H and O–H groups in total. The molecule has 0 saturated heterocycles. The molecule has 23 heavy (non-hydrogen) atoms. The molecule has 0 heterocycles. The van der Waals surface area contributed by atoms with Crippen molar-refractivity contribution in [2.24, 2.45) is 5.41 Å². The van der Waals surface area contributed by atoms with E-state index in [1.807, 2.05) is 0 Å². The molecule has 1 aromatic rings. The molecule has 0 aromatic heterocycles. The fraction of sp³-hybridized carbons (Fsp3) is 0.700. The minimum Gasteiger partial charge on any atom is -0.508 e. The Morgan fingerprint density at radius 2 is 1.43 bits per heavy atom. The Labute approximate surface area is 153 Å². The summed E-state index contributed by atoms with van der Waals surface area (Å²) < 4.78 is 0.535. The van der Waals surface area contributed by atoms with Crippen LogP contribution in [-0.2, 0) is 12.8 Å². The first-order chi connectivity index (χ1) is 11.0. The number of halogens is 1. The lowest BCUT2D eigenvalue weighted by Crippen LogP contribution is -2.00. The second-order valence-electron chi connectivity index (χ2n) is 7.82. The van der Waals surface area contributed by atoms with E-state index in [0.717, 1.165) is 36.8 Å². The highest BCUT2D eigenvalue weighted by molar-refractivity contribution is 14.1. The highest BCUT2D eigenvalue weighted by Crippen LogP contribution is 2.52. The minimum atomic E-state index is 0.368. The zero-order valence-electron chi connectivity index (χ0n) is 14.2. The predicted molar refractivity (Wildman–Crippen MR) is 104 cm³/mol. The monoisotopic (exact) mass is 428 g/mol. The Morgan fingerprint density at radius 1 is 0.913 bits per heavy atom. The normalized spacial score (nSPS) is 20.4. The van der Waals surface area contributed by atoms with Crippen LogP contribution in [-0.4, -0.2) is 13.6 Å². The van der Waals surface area contributed by atoms with Gasteiger partial charge in [-0.1, -0.05) is 35.9 Å². The highest BCUT2D eigenvalue weighted by atomic mass is 127. The van der Waals surface area contributed by atoms with Gasteiger partial charge in [0, 0.05) is 3.42 Å². The van der Waals surface area contributed by atoms with E-state index in [1.165, 1.54) is 44.9 Å². The number of aromatic hydroxyl groups is 2. The predicted octanol–water partition coefficient (Wildman–Crippen LogP) is 5.90. The first-order valence-corrected chi connectivity index (χ1v) is 10.3. The van der Waals surface area contributed by atoms with Crippen molar-refractivity contribution in [1.82, 2.24) is 0 Å². The van der Waals surface area contributed by atoms with Crippen LogP contribution in [0.2, 0.25) is 0 Å². The molecule has 3 rings (SSSR count). The Kier molecular flexibility index (Phi) is 5.15. The van der Waals surface area contributed by atoms with E-state index in [0.29, 0.717) is 20.3 Å². The van der Waals surface area contributed by atoms with Crippen molar-refractivity contribution in [3.63, 3.8) is 0 Å². The lowest BCUT2D eigenvalue weighted by molar-refractivity contribution is 0.423. The quantitative estimate of drug-likeness (QED) is 0.292. The molecular formula is C20H29IO2. The third-order valence-corrected chi connectivity index (χ3v) is 7.62. The topological polar surface area (TPSA) is 40.5 Å². The van der Waals surface area contributed by atoms with Crippen molar-refractivity contribution >= 4 is 22.6 Å². The maximum Gasteiger partial charge on any atom is 0.119 e. The van der Waals surface area contributed by atoms with Gasteiger partial charge in [-0.25, -0.2) is 0 Å². The molecule has 0 aliphatic heterocycles. The van der Waals surface area contributed by atoms with Crippen molar-refractivity contribution in [3.8, 4) is 11.5 Å². The van der Waals surface area contributed by atoms with E-state index in [2.05, 4.69) is 29.5 Å². The fourth-order valence-electron chi connectivity index (χ4n) is 3.66. The Hall–Kier alpha value is -0.450. The number of benzene rings is 1. The molecule has 0 spiro atoms. The molecule has 2 aliphatic rings. The number of hydrogen-bond donors (Lipinski definition) is 2. The second-order valence-corrected chi connectivity index (χ2v) is 10.1. The van der Waals surface area contributed by atoms with E-state index in [1.54, 1.807) is 12.1 Å². The summed E-state index contributed by atoms with van der Waals surface area (Å²) in [5.74, 6) is 0.738. The summed E-state index contributed by atoms with van der Waals surface area (Å²) in [6, 6.07) is 3.59. The minimum absolute atomic E-state index is 0.368. The summed E-state index contributed by atoms with van der Waals surface area (Å²) in [7, 11) is 0. The van der Waals surface area contributed by atoms with E-state index in [4.69, 9.17) is 0 Å². The number of rotatable bonds is 9. The van der Waals surface area contributed by atoms with Crippen LogP contribution in [0.1, 0.15) is 75.8 Å². The Balaban J connectivity index is 1.51. The van der Waals surface area contributed by atoms with E-state index in [9.17, 15) is 10.2 Å². The zero-order chi connectivity index (χ0) is 16.5. The molecule has 1 aromatic carbocycles. The fourth-order valence-corrected chi connectivity index (χ4v) is 4.31. The molecule has 0 bridgehead atoms. The van der Waals surface area contributed by atoms with Crippen LogP contribution >= 0.6 is 22.6 Å². The van der Waals surface area contributed by atoms with Gasteiger partial charge < -0.3 is 10.2 Å². The molecular weight excluding hydrogens is 399 g/mol. The standard InChI is InChI=1S/C20H29IO2/c1-2-19(9-10-19)7-3-5-15-13-18(23)16(14-17(15)22)6-4-8-20(21)11-12-20/h13-14,22-23H,2-12H2,1H3. The van der Waals surface area contributed by atoms with Gasteiger partial charge in [-0.15, -0.1) is 0 Å². The first-order valence-electron chi connectivity index (χ1n) is 9.18. The number of phenols is 2. The largest absolute Gasteiger partial charge is 0.508 e. The van der Waals surface area contributed by atoms with Gasteiger partial charge >= 0.3 is 0 Å². The summed E-state index contributed by atoms with van der Waals surface area (Å²) in [6.07, 6.45) is 13.1. The van der Waals surface area contributed by atoms with Crippen LogP contribution in [0.5, 0.6) is 11.5 Å². The summed E-state index contributed by atoms with van der Waals surface area (Å²) in [6.45, 7) is 2.28. The molecule has 2 fully saturated rings. The average molecular weight is 428 g/mol. The summed E-state index contributed by atoms with van der Waals surface area (Å²) in [5.41, 5.74) is 2.42.